The first-order valence-electron chi connectivity index (χ1n) is 17.6. The summed E-state index contributed by atoms with van der Waals surface area (Å²) >= 11 is 0. The van der Waals surface area contributed by atoms with Crippen molar-refractivity contribution in [3.05, 3.63) is 66.4 Å². The summed E-state index contributed by atoms with van der Waals surface area (Å²) in [6.07, 6.45) is 18.0. The monoisotopic (exact) mass is 775 g/mol. The predicted molar refractivity (Wildman–Crippen MR) is 180 cm³/mol. The number of pyridine rings is 1. The number of aliphatic hydroxyl groups is 2. The fraction of sp³-hybridized carbons (Fsp3) is 0.625. The fourth-order valence-corrected chi connectivity index (χ4v) is 9.18. The van der Waals surface area contributed by atoms with Gasteiger partial charge in [-0.2, -0.15) is 0 Å². The maximum Gasteiger partial charge on any atom is 0.0651 e. The second kappa shape index (κ2) is 15.8. The topological polar surface area (TPSA) is 53.4 Å². The number of benzene rings is 2. The first kappa shape index (κ1) is 35.3. The van der Waals surface area contributed by atoms with Crippen LogP contribution in [-0.2, 0) is 20.1 Å². The smallest absolute Gasteiger partial charge is 0.0651 e. The molecule has 0 spiro atoms. The van der Waals surface area contributed by atoms with Crippen molar-refractivity contribution in [2.24, 2.45) is 22.7 Å². The van der Waals surface area contributed by atoms with Gasteiger partial charge in [-0.15, -0.1) is 35.9 Å². The Kier molecular flexibility index (Phi) is 12.7. The normalized spacial score (nSPS) is 26.4. The van der Waals surface area contributed by atoms with Gasteiger partial charge in [0.15, 0.2) is 0 Å². The van der Waals surface area contributed by atoms with Crippen molar-refractivity contribution in [2.75, 3.05) is 0 Å². The molecule has 3 saturated carbocycles. The standard InChI is InChI=1S/C20H18N.C20H38O2.Ir/c1-2-8-16(9-3-1)20-13-19-12-17(15-6-4-5-7-15)10-11-18(19)14-21-20;1-5-19(6-2)13-9-11-15-12-10-14-20(7-3,8-4)18(22)16(15)17(19)21;/h1-3,8,10-15H,4-7H2;15-18,21-22H,5-14H2,1-4H3;/q-1;;. The van der Waals surface area contributed by atoms with Crippen LogP contribution in [0.3, 0.4) is 0 Å². The summed E-state index contributed by atoms with van der Waals surface area (Å²) in [7, 11) is 0. The number of aromatic nitrogens is 1. The Morgan fingerprint density at radius 2 is 1.36 bits per heavy atom. The Morgan fingerprint density at radius 1 is 0.750 bits per heavy atom. The summed E-state index contributed by atoms with van der Waals surface area (Å²) < 4.78 is 0. The largest absolute Gasteiger partial charge is 0.392 e. The zero-order chi connectivity index (χ0) is 30.5. The molecule has 2 atom stereocenters. The van der Waals surface area contributed by atoms with E-state index in [1.54, 1.807) is 0 Å². The third-order valence-corrected chi connectivity index (χ3v) is 12.4. The van der Waals surface area contributed by atoms with Crippen molar-refractivity contribution in [1.82, 2.24) is 4.98 Å². The van der Waals surface area contributed by atoms with E-state index >= 15 is 0 Å². The van der Waals surface area contributed by atoms with E-state index in [2.05, 4.69) is 69.1 Å². The van der Waals surface area contributed by atoms with Crippen LogP contribution in [0.15, 0.2) is 54.7 Å². The summed E-state index contributed by atoms with van der Waals surface area (Å²) in [5, 5.41) is 25.2. The van der Waals surface area contributed by atoms with Crippen LogP contribution in [0.2, 0.25) is 0 Å². The van der Waals surface area contributed by atoms with E-state index in [0.29, 0.717) is 5.92 Å². The molecular weight excluding hydrogens is 719 g/mol. The van der Waals surface area contributed by atoms with E-state index in [1.165, 1.54) is 67.7 Å². The molecule has 3 nitrogen and oxygen atoms in total. The predicted octanol–water partition coefficient (Wildman–Crippen LogP) is 10.3. The Hall–Kier alpha value is -1.58. The SMILES string of the molecule is CCC1(CC)CCCC2CCCC(CC)(CC)C(O)C2C1O.[Ir].[c-]1ccccc1-c1cc2cc(C3CCCC3)ccc2cn1. The molecule has 3 fully saturated rings. The van der Waals surface area contributed by atoms with E-state index in [-0.39, 0.29) is 49.1 Å². The van der Waals surface area contributed by atoms with Gasteiger partial charge in [0.05, 0.1) is 12.2 Å². The molecule has 0 saturated heterocycles. The number of rotatable bonds is 6. The molecule has 1 aromatic heterocycles. The third-order valence-electron chi connectivity index (χ3n) is 12.4. The molecule has 1 radical (unpaired) electrons. The van der Waals surface area contributed by atoms with Crippen LogP contribution in [0.5, 0.6) is 0 Å². The number of hydrogen-bond acceptors (Lipinski definition) is 3. The molecule has 0 amide bonds. The maximum absolute atomic E-state index is 11.4. The van der Waals surface area contributed by atoms with Crippen molar-refractivity contribution >= 4 is 10.8 Å². The van der Waals surface area contributed by atoms with E-state index < -0.39 is 0 Å². The van der Waals surface area contributed by atoms with Gasteiger partial charge in [-0.05, 0) is 109 Å². The molecule has 0 aliphatic heterocycles. The Labute approximate surface area is 281 Å². The quantitative estimate of drug-likeness (QED) is 0.245. The van der Waals surface area contributed by atoms with Gasteiger partial charge >= 0.3 is 0 Å². The number of hydrogen-bond donors (Lipinski definition) is 2. The molecule has 3 aliphatic rings. The van der Waals surface area contributed by atoms with Crippen LogP contribution in [0.25, 0.3) is 22.0 Å². The zero-order valence-electron chi connectivity index (χ0n) is 27.7. The van der Waals surface area contributed by atoms with E-state index in [9.17, 15) is 10.2 Å². The van der Waals surface area contributed by atoms with Gasteiger partial charge < -0.3 is 15.2 Å². The summed E-state index contributed by atoms with van der Waals surface area (Å²) in [4.78, 5) is 4.57. The van der Waals surface area contributed by atoms with Gasteiger partial charge in [0.25, 0.3) is 0 Å². The second-order valence-corrected chi connectivity index (χ2v) is 14.1. The molecule has 44 heavy (non-hydrogen) atoms. The van der Waals surface area contributed by atoms with Gasteiger partial charge in [-0.25, -0.2) is 0 Å². The maximum atomic E-state index is 11.4. The summed E-state index contributed by atoms with van der Waals surface area (Å²) in [6, 6.07) is 20.3. The van der Waals surface area contributed by atoms with Crippen LogP contribution >= 0.6 is 0 Å². The van der Waals surface area contributed by atoms with Crippen molar-refractivity contribution in [1.29, 1.82) is 0 Å². The average molecular weight is 775 g/mol. The van der Waals surface area contributed by atoms with E-state index in [1.807, 2.05) is 24.4 Å². The van der Waals surface area contributed by atoms with E-state index in [0.717, 1.165) is 55.7 Å². The van der Waals surface area contributed by atoms with Crippen molar-refractivity contribution < 1.29 is 30.3 Å². The number of fused-ring (bicyclic) bond motifs is 2. The van der Waals surface area contributed by atoms with Gasteiger partial charge in [-0.1, -0.05) is 77.6 Å². The molecule has 2 aromatic carbocycles. The van der Waals surface area contributed by atoms with E-state index in [4.69, 9.17) is 0 Å². The van der Waals surface area contributed by atoms with Crippen LogP contribution in [0.1, 0.15) is 129 Å². The van der Waals surface area contributed by atoms with Gasteiger partial charge in [0.1, 0.15) is 0 Å². The number of nitrogens with zero attached hydrogens (tertiary/aromatic N) is 1. The van der Waals surface area contributed by atoms with Crippen molar-refractivity contribution in [3.8, 4) is 11.3 Å². The molecule has 243 valence electrons. The van der Waals surface area contributed by atoms with Crippen LogP contribution in [-0.4, -0.2) is 27.4 Å². The molecule has 2 N–H and O–H groups in total. The third kappa shape index (κ3) is 7.20. The minimum atomic E-state index is -0.333. The first-order chi connectivity index (χ1) is 20.9. The van der Waals surface area contributed by atoms with Crippen molar-refractivity contribution in [3.63, 3.8) is 0 Å². The average Bonchev–Trinajstić information content (AvgIpc) is 3.51. The summed E-state index contributed by atoms with van der Waals surface area (Å²) in [6.45, 7) is 8.90. The molecule has 1 heterocycles. The molecule has 0 bridgehead atoms. The van der Waals surface area contributed by atoms with Crippen molar-refractivity contribution in [2.45, 2.75) is 136 Å². The minimum Gasteiger partial charge on any atom is -0.392 e. The molecular formula is C40H56IrNO2-. The summed E-state index contributed by atoms with van der Waals surface area (Å²) in [5.74, 6) is 1.36. The van der Waals surface area contributed by atoms with Crippen LogP contribution < -0.4 is 0 Å². The molecule has 4 heteroatoms. The Morgan fingerprint density at radius 3 is 1.91 bits per heavy atom. The molecule has 3 aromatic rings. The number of aliphatic hydroxyl groups excluding tert-OH is 2. The second-order valence-electron chi connectivity index (χ2n) is 14.1. The first-order valence-corrected chi connectivity index (χ1v) is 17.6. The fourth-order valence-electron chi connectivity index (χ4n) is 9.18. The molecule has 2 unspecified atom stereocenters. The molecule has 6 rings (SSSR count). The molecule has 3 aliphatic carbocycles. The summed E-state index contributed by atoms with van der Waals surface area (Å²) in [5.41, 5.74) is 3.61. The minimum absolute atomic E-state index is 0. The van der Waals surface area contributed by atoms with Crippen LogP contribution in [0, 0.1) is 28.7 Å². The Balaban J connectivity index is 0.000000196. The van der Waals surface area contributed by atoms with Gasteiger partial charge in [-0.3, -0.25) is 0 Å². The van der Waals surface area contributed by atoms with Gasteiger partial charge in [0.2, 0.25) is 0 Å². The van der Waals surface area contributed by atoms with Crippen LogP contribution in [0.4, 0.5) is 0 Å². The Bertz CT molecular complexity index is 1260. The zero-order valence-corrected chi connectivity index (χ0v) is 30.1. The van der Waals surface area contributed by atoms with Gasteiger partial charge in [0, 0.05) is 32.2 Å².